The first-order valence-corrected chi connectivity index (χ1v) is 7.34. The molecule has 1 rings (SSSR count). The number of hydrogen-bond acceptors (Lipinski definition) is 4. The molecule has 1 aromatic rings. The predicted molar refractivity (Wildman–Crippen MR) is 71.5 cm³/mol. The summed E-state index contributed by atoms with van der Waals surface area (Å²) in [6, 6.07) is 3.91. The number of carbonyl (C=O) groups excluding carboxylic acids is 1. The Labute approximate surface area is 116 Å². The lowest BCUT2D eigenvalue weighted by Gasteiger charge is -2.17. The van der Waals surface area contributed by atoms with Crippen LogP contribution in [0.1, 0.15) is 24.2 Å². The Morgan fingerprint density at radius 3 is 2.05 bits per heavy atom. The summed E-state index contributed by atoms with van der Waals surface area (Å²) >= 11 is 0. The number of carboxylic acids is 1. The SMILES string of the molecule is CC(C)[C@@H](NC(=O)c1ccc(S(N)(=O)=O)cc1)C(=O)O. The van der Waals surface area contributed by atoms with Crippen LogP contribution in [0.25, 0.3) is 0 Å². The van der Waals surface area contributed by atoms with Crippen LogP contribution in [0.5, 0.6) is 0 Å². The number of benzene rings is 1. The van der Waals surface area contributed by atoms with E-state index < -0.39 is 27.9 Å². The molecule has 8 heteroatoms. The second kappa shape index (κ2) is 6.02. The first kappa shape index (κ1) is 16.1. The molecule has 1 aromatic carbocycles. The molecule has 0 saturated heterocycles. The van der Waals surface area contributed by atoms with E-state index in [1.807, 2.05) is 0 Å². The monoisotopic (exact) mass is 300 g/mol. The number of amides is 1. The average Bonchev–Trinajstić information content (AvgIpc) is 2.34. The summed E-state index contributed by atoms with van der Waals surface area (Å²) in [6.45, 7) is 3.34. The largest absolute Gasteiger partial charge is 0.480 e. The van der Waals surface area contributed by atoms with E-state index in [2.05, 4.69) is 5.32 Å². The molecule has 110 valence electrons. The zero-order valence-corrected chi connectivity index (χ0v) is 11.8. The molecule has 4 N–H and O–H groups in total. The highest BCUT2D eigenvalue weighted by molar-refractivity contribution is 7.89. The molecule has 0 fully saturated rings. The van der Waals surface area contributed by atoms with E-state index in [4.69, 9.17) is 10.2 Å². The van der Waals surface area contributed by atoms with E-state index in [-0.39, 0.29) is 16.4 Å². The second-order valence-electron chi connectivity index (χ2n) is 4.60. The molecular formula is C12H16N2O5S. The fourth-order valence-electron chi connectivity index (χ4n) is 1.53. The zero-order chi connectivity index (χ0) is 15.5. The van der Waals surface area contributed by atoms with Crippen molar-refractivity contribution in [2.24, 2.45) is 11.1 Å². The van der Waals surface area contributed by atoms with Crippen LogP contribution in [0.15, 0.2) is 29.2 Å². The Balaban J connectivity index is 2.91. The van der Waals surface area contributed by atoms with E-state index in [1.165, 1.54) is 24.3 Å². The van der Waals surface area contributed by atoms with Crippen molar-refractivity contribution < 1.29 is 23.1 Å². The first-order valence-electron chi connectivity index (χ1n) is 5.79. The topological polar surface area (TPSA) is 127 Å². The predicted octanol–water partition coefficient (Wildman–Crippen LogP) is 0.173. The van der Waals surface area contributed by atoms with Crippen molar-refractivity contribution in [1.29, 1.82) is 0 Å². The second-order valence-corrected chi connectivity index (χ2v) is 6.16. The van der Waals surface area contributed by atoms with Gasteiger partial charge in [0.1, 0.15) is 6.04 Å². The van der Waals surface area contributed by atoms with Crippen molar-refractivity contribution in [3.63, 3.8) is 0 Å². The maximum Gasteiger partial charge on any atom is 0.326 e. The third kappa shape index (κ3) is 4.04. The average molecular weight is 300 g/mol. The molecule has 20 heavy (non-hydrogen) atoms. The van der Waals surface area contributed by atoms with Gasteiger partial charge in [-0.3, -0.25) is 4.79 Å². The van der Waals surface area contributed by atoms with Gasteiger partial charge in [-0.15, -0.1) is 0 Å². The van der Waals surface area contributed by atoms with Crippen molar-refractivity contribution in [3.8, 4) is 0 Å². The minimum absolute atomic E-state index is 0.118. The minimum atomic E-state index is -3.82. The molecule has 0 radical (unpaired) electrons. The van der Waals surface area contributed by atoms with Crippen molar-refractivity contribution in [3.05, 3.63) is 29.8 Å². The molecule has 0 aliphatic carbocycles. The highest BCUT2D eigenvalue weighted by atomic mass is 32.2. The van der Waals surface area contributed by atoms with Gasteiger partial charge in [-0.2, -0.15) is 0 Å². The summed E-state index contributed by atoms with van der Waals surface area (Å²) in [4.78, 5) is 22.7. The molecule has 1 amide bonds. The Morgan fingerprint density at radius 1 is 1.20 bits per heavy atom. The van der Waals surface area contributed by atoms with Crippen molar-refractivity contribution >= 4 is 21.9 Å². The smallest absolute Gasteiger partial charge is 0.326 e. The number of rotatable bonds is 5. The molecule has 0 spiro atoms. The highest BCUT2D eigenvalue weighted by Crippen LogP contribution is 2.10. The Hall–Kier alpha value is -1.93. The summed E-state index contributed by atoms with van der Waals surface area (Å²) in [5.74, 6) is -2.00. The molecule has 0 aromatic heterocycles. The third-order valence-electron chi connectivity index (χ3n) is 2.66. The molecule has 0 unspecified atom stereocenters. The molecule has 1 atom stereocenters. The number of sulfonamides is 1. The number of primary sulfonamides is 1. The molecule has 0 aliphatic heterocycles. The van der Waals surface area contributed by atoms with Gasteiger partial charge in [-0.05, 0) is 30.2 Å². The lowest BCUT2D eigenvalue weighted by Crippen LogP contribution is -2.44. The lowest BCUT2D eigenvalue weighted by atomic mass is 10.0. The van der Waals surface area contributed by atoms with Gasteiger partial charge >= 0.3 is 5.97 Å². The van der Waals surface area contributed by atoms with Crippen LogP contribution in [-0.4, -0.2) is 31.4 Å². The van der Waals surface area contributed by atoms with E-state index in [9.17, 15) is 18.0 Å². The minimum Gasteiger partial charge on any atom is -0.480 e. The van der Waals surface area contributed by atoms with Gasteiger partial charge in [0.2, 0.25) is 10.0 Å². The van der Waals surface area contributed by atoms with Crippen LogP contribution in [-0.2, 0) is 14.8 Å². The van der Waals surface area contributed by atoms with Crippen LogP contribution >= 0.6 is 0 Å². The Kier molecular flexibility index (Phi) is 4.85. The quantitative estimate of drug-likeness (QED) is 0.714. The number of carbonyl (C=O) groups is 2. The van der Waals surface area contributed by atoms with Crippen molar-refractivity contribution in [2.75, 3.05) is 0 Å². The van der Waals surface area contributed by atoms with E-state index in [1.54, 1.807) is 13.8 Å². The number of aliphatic carboxylic acids is 1. The van der Waals surface area contributed by atoms with Gasteiger partial charge in [-0.1, -0.05) is 13.8 Å². The number of carboxylic acid groups (broad SMARTS) is 1. The van der Waals surface area contributed by atoms with Gasteiger partial charge in [0.05, 0.1) is 4.90 Å². The van der Waals surface area contributed by atoms with Crippen LogP contribution in [0.2, 0.25) is 0 Å². The zero-order valence-electron chi connectivity index (χ0n) is 11.0. The van der Waals surface area contributed by atoms with E-state index in [0.717, 1.165) is 0 Å². The van der Waals surface area contributed by atoms with Gasteiger partial charge in [0.15, 0.2) is 0 Å². The normalized spacial score (nSPS) is 13.0. The van der Waals surface area contributed by atoms with Crippen molar-refractivity contribution in [1.82, 2.24) is 5.32 Å². The standard InChI is InChI=1S/C12H16N2O5S/c1-7(2)10(12(16)17)14-11(15)8-3-5-9(6-4-8)20(13,18)19/h3-7,10H,1-2H3,(H,14,15)(H,16,17)(H2,13,18,19)/t10-/m1/s1. The summed E-state index contributed by atoms with van der Waals surface area (Å²) in [5.41, 5.74) is 0.157. The molecule has 7 nitrogen and oxygen atoms in total. The lowest BCUT2D eigenvalue weighted by molar-refractivity contribution is -0.140. The summed E-state index contributed by atoms with van der Waals surface area (Å²) in [7, 11) is -3.82. The maximum atomic E-state index is 11.9. The number of nitrogens with one attached hydrogen (secondary N) is 1. The van der Waals surface area contributed by atoms with E-state index >= 15 is 0 Å². The maximum absolute atomic E-state index is 11.9. The van der Waals surface area contributed by atoms with Gasteiger partial charge in [0, 0.05) is 5.56 Å². The molecule has 0 bridgehead atoms. The van der Waals surface area contributed by atoms with Crippen LogP contribution in [0, 0.1) is 5.92 Å². The fraction of sp³-hybridized carbons (Fsp3) is 0.333. The van der Waals surface area contributed by atoms with Crippen LogP contribution < -0.4 is 10.5 Å². The Morgan fingerprint density at radius 2 is 1.70 bits per heavy atom. The van der Waals surface area contributed by atoms with Crippen LogP contribution in [0.3, 0.4) is 0 Å². The first-order chi connectivity index (χ1) is 9.12. The van der Waals surface area contributed by atoms with Gasteiger partial charge in [-0.25, -0.2) is 18.4 Å². The van der Waals surface area contributed by atoms with Crippen LogP contribution in [0.4, 0.5) is 0 Å². The number of nitrogens with two attached hydrogens (primary N) is 1. The summed E-state index contributed by atoms with van der Waals surface area (Å²) in [5, 5.41) is 16.3. The summed E-state index contributed by atoms with van der Waals surface area (Å²) in [6.07, 6.45) is 0. The number of hydrogen-bond donors (Lipinski definition) is 3. The van der Waals surface area contributed by atoms with E-state index in [0.29, 0.717) is 0 Å². The fourth-order valence-corrected chi connectivity index (χ4v) is 2.05. The molecule has 0 saturated carbocycles. The Bertz CT molecular complexity index is 607. The molecular weight excluding hydrogens is 284 g/mol. The van der Waals surface area contributed by atoms with Gasteiger partial charge < -0.3 is 10.4 Å². The summed E-state index contributed by atoms with van der Waals surface area (Å²) < 4.78 is 22.1. The highest BCUT2D eigenvalue weighted by Gasteiger charge is 2.24. The molecule has 0 aliphatic rings. The van der Waals surface area contributed by atoms with Gasteiger partial charge in [0.25, 0.3) is 5.91 Å². The third-order valence-corrected chi connectivity index (χ3v) is 3.59. The van der Waals surface area contributed by atoms with Crippen molar-refractivity contribution in [2.45, 2.75) is 24.8 Å². The molecule has 0 heterocycles.